The number of carbonyl (C=O) groups is 2. The molecule has 1 aliphatic carbocycles. The van der Waals surface area contributed by atoms with Gasteiger partial charge in [0, 0.05) is 23.3 Å². The van der Waals surface area contributed by atoms with E-state index in [-0.39, 0.29) is 18.8 Å². The molecule has 0 amide bonds. The van der Waals surface area contributed by atoms with Gasteiger partial charge in [0.25, 0.3) is 0 Å². The zero-order valence-electron chi connectivity index (χ0n) is 11.7. The first-order valence-electron chi connectivity index (χ1n) is 7.49. The van der Waals surface area contributed by atoms with E-state index in [9.17, 15) is 9.59 Å². The zero-order valence-corrected chi connectivity index (χ0v) is 11.7. The number of rotatable bonds is 1. The van der Waals surface area contributed by atoms with E-state index in [1.54, 1.807) is 0 Å². The number of carbonyl (C=O) groups excluding carboxylic acids is 2. The minimum absolute atomic E-state index is 0.0916. The van der Waals surface area contributed by atoms with E-state index in [0.717, 1.165) is 41.6 Å². The molecule has 4 rings (SSSR count). The quantitative estimate of drug-likeness (QED) is 0.596. The average Bonchev–Trinajstić information content (AvgIpc) is 2.84. The van der Waals surface area contributed by atoms with Crippen molar-refractivity contribution in [3.63, 3.8) is 0 Å². The van der Waals surface area contributed by atoms with Crippen molar-refractivity contribution in [1.82, 2.24) is 0 Å². The van der Waals surface area contributed by atoms with Gasteiger partial charge in [-0.1, -0.05) is 12.1 Å². The van der Waals surface area contributed by atoms with Crippen LogP contribution in [0.2, 0.25) is 0 Å². The standard InChI is InChI=1S/C17H16O4/c18-15-8-10(9-16(19)21-15)11-5-3-7-14-17(11)12-4-1-2-6-13(12)20-14/h3,5,7,10H,1-2,4,6,8-9H2. The van der Waals surface area contributed by atoms with Crippen LogP contribution in [0, 0.1) is 0 Å². The summed E-state index contributed by atoms with van der Waals surface area (Å²) in [6.07, 6.45) is 4.87. The van der Waals surface area contributed by atoms with E-state index >= 15 is 0 Å². The molecule has 0 atom stereocenters. The Hall–Kier alpha value is -2.10. The van der Waals surface area contributed by atoms with Gasteiger partial charge in [-0.3, -0.25) is 9.59 Å². The maximum absolute atomic E-state index is 11.6. The van der Waals surface area contributed by atoms with Crippen molar-refractivity contribution in [2.75, 3.05) is 0 Å². The summed E-state index contributed by atoms with van der Waals surface area (Å²) in [6.45, 7) is 0. The van der Waals surface area contributed by atoms with Gasteiger partial charge in [0.1, 0.15) is 11.3 Å². The molecule has 4 nitrogen and oxygen atoms in total. The van der Waals surface area contributed by atoms with Gasteiger partial charge in [0.05, 0.1) is 12.8 Å². The molecule has 1 aliphatic heterocycles. The van der Waals surface area contributed by atoms with Gasteiger partial charge in [-0.25, -0.2) is 0 Å². The van der Waals surface area contributed by atoms with Crippen LogP contribution in [0.5, 0.6) is 0 Å². The van der Waals surface area contributed by atoms with Crippen LogP contribution in [0.25, 0.3) is 11.0 Å². The Morgan fingerprint density at radius 3 is 2.57 bits per heavy atom. The number of esters is 2. The molecule has 0 spiro atoms. The smallest absolute Gasteiger partial charge is 0.314 e. The Bertz CT molecular complexity index is 725. The Labute approximate surface area is 122 Å². The van der Waals surface area contributed by atoms with E-state index in [4.69, 9.17) is 4.42 Å². The lowest BCUT2D eigenvalue weighted by Crippen LogP contribution is -2.24. The maximum atomic E-state index is 11.6. The molecule has 0 N–H and O–H groups in total. The number of benzene rings is 1. The van der Waals surface area contributed by atoms with Gasteiger partial charge in [0.15, 0.2) is 0 Å². The Kier molecular flexibility index (Phi) is 2.84. The molecule has 108 valence electrons. The van der Waals surface area contributed by atoms with Crippen LogP contribution in [0.15, 0.2) is 22.6 Å². The summed E-state index contributed by atoms with van der Waals surface area (Å²) in [7, 11) is 0. The predicted octanol–water partition coefficient (Wildman–Crippen LogP) is 3.26. The normalized spacial score (nSPS) is 19.6. The fourth-order valence-electron chi connectivity index (χ4n) is 3.59. The molecule has 1 saturated heterocycles. The molecule has 2 heterocycles. The van der Waals surface area contributed by atoms with Gasteiger partial charge in [0.2, 0.25) is 0 Å². The molecular formula is C17H16O4. The molecule has 2 aliphatic rings. The SMILES string of the molecule is O=C1CC(c2cccc3oc4c(c23)CCCC4)CC(=O)O1. The molecule has 0 radical (unpaired) electrons. The Morgan fingerprint density at radius 2 is 1.76 bits per heavy atom. The third-order valence-corrected chi connectivity index (χ3v) is 4.50. The summed E-state index contributed by atoms with van der Waals surface area (Å²) >= 11 is 0. The largest absolute Gasteiger partial charge is 0.461 e. The highest BCUT2D eigenvalue weighted by atomic mass is 16.6. The summed E-state index contributed by atoms with van der Waals surface area (Å²) in [6, 6.07) is 5.93. The Balaban J connectivity index is 1.86. The van der Waals surface area contributed by atoms with Crippen molar-refractivity contribution >= 4 is 22.9 Å². The third kappa shape index (κ3) is 2.06. The minimum atomic E-state index is -0.425. The lowest BCUT2D eigenvalue weighted by atomic mass is 9.85. The van der Waals surface area contributed by atoms with Crippen LogP contribution in [0.3, 0.4) is 0 Å². The highest BCUT2D eigenvalue weighted by Gasteiger charge is 2.31. The zero-order chi connectivity index (χ0) is 14.4. The number of fused-ring (bicyclic) bond motifs is 3. The van der Waals surface area contributed by atoms with Crippen LogP contribution in [-0.4, -0.2) is 11.9 Å². The fourth-order valence-corrected chi connectivity index (χ4v) is 3.59. The molecule has 0 bridgehead atoms. The molecule has 1 aromatic heterocycles. The number of furan rings is 1. The van der Waals surface area contributed by atoms with E-state index in [2.05, 4.69) is 4.74 Å². The fraction of sp³-hybridized carbons (Fsp3) is 0.412. The highest BCUT2D eigenvalue weighted by Crippen LogP contribution is 2.39. The van der Waals surface area contributed by atoms with Gasteiger partial charge < -0.3 is 9.15 Å². The van der Waals surface area contributed by atoms with Crippen molar-refractivity contribution in [2.45, 2.75) is 44.4 Å². The van der Waals surface area contributed by atoms with Crippen molar-refractivity contribution in [3.05, 3.63) is 35.1 Å². The van der Waals surface area contributed by atoms with Crippen molar-refractivity contribution in [1.29, 1.82) is 0 Å². The van der Waals surface area contributed by atoms with Crippen molar-refractivity contribution < 1.29 is 18.7 Å². The summed E-state index contributed by atoms with van der Waals surface area (Å²) in [5.41, 5.74) is 3.22. The minimum Gasteiger partial charge on any atom is -0.461 e. The van der Waals surface area contributed by atoms with Crippen molar-refractivity contribution in [3.8, 4) is 0 Å². The van der Waals surface area contributed by atoms with E-state index in [1.165, 1.54) is 12.0 Å². The van der Waals surface area contributed by atoms with Crippen LogP contribution >= 0.6 is 0 Å². The number of hydrogen-bond donors (Lipinski definition) is 0. The highest BCUT2D eigenvalue weighted by molar-refractivity contribution is 5.92. The molecule has 1 fully saturated rings. The summed E-state index contributed by atoms with van der Waals surface area (Å²) in [5, 5.41) is 1.12. The first-order valence-corrected chi connectivity index (χ1v) is 7.49. The summed E-state index contributed by atoms with van der Waals surface area (Å²) in [4.78, 5) is 23.1. The van der Waals surface area contributed by atoms with Crippen LogP contribution in [0.1, 0.15) is 48.5 Å². The van der Waals surface area contributed by atoms with Gasteiger partial charge in [-0.15, -0.1) is 0 Å². The monoisotopic (exact) mass is 284 g/mol. The third-order valence-electron chi connectivity index (χ3n) is 4.50. The maximum Gasteiger partial charge on any atom is 0.314 e. The molecule has 1 aromatic carbocycles. The summed E-state index contributed by atoms with van der Waals surface area (Å²) in [5.74, 6) is 0.135. The topological polar surface area (TPSA) is 56.5 Å². The van der Waals surface area contributed by atoms with Gasteiger partial charge >= 0.3 is 11.9 Å². The van der Waals surface area contributed by atoms with E-state index < -0.39 is 11.9 Å². The Morgan fingerprint density at radius 1 is 1.00 bits per heavy atom. The molecule has 0 saturated carbocycles. The first kappa shape index (κ1) is 12.6. The first-order chi connectivity index (χ1) is 10.2. The van der Waals surface area contributed by atoms with E-state index in [1.807, 2.05) is 18.2 Å². The second-order valence-corrected chi connectivity index (χ2v) is 5.88. The summed E-state index contributed by atoms with van der Waals surface area (Å²) < 4.78 is 10.6. The van der Waals surface area contributed by atoms with Crippen LogP contribution in [-0.2, 0) is 27.2 Å². The van der Waals surface area contributed by atoms with Crippen molar-refractivity contribution in [2.24, 2.45) is 0 Å². The number of cyclic esters (lactones) is 2. The van der Waals surface area contributed by atoms with E-state index in [0.29, 0.717) is 0 Å². The van der Waals surface area contributed by atoms with Gasteiger partial charge in [-0.05, 0) is 30.9 Å². The molecule has 21 heavy (non-hydrogen) atoms. The van der Waals surface area contributed by atoms with Crippen LogP contribution < -0.4 is 0 Å². The number of ether oxygens (including phenoxy) is 1. The van der Waals surface area contributed by atoms with Gasteiger partial charge in [-0.2, -0.15) is 0 Å². The van der Waals surface area contributed by atoms with Crippen LogP contribution in [0.4, 0.5) is 0 Å². The second-order valence-electron chi connectivity index (χ2n) is 5.88. The average molecular weight is 284 g/mol. The number of aryl methyl sites for hydroxylation is 2. The predicted molar refractivity (Wildman–Crippen MR) is 75.9 cm³/mol. The molecule has 2 aromatic rings. The molecule has 0 unspecified atom stereocenters. The molecule has 4 heteroatoms. The lowest BCUT2D eigenvalue weighted by molar-refractivity contribution is -0.163. The number of hydrogen-bond acceptors (Lipinski definition) is 4. The molecular weight excluding hydrogens is 268 g/mol. The lowest BCUT2D eigenvalue weighted by Gasteiger charge is -2.21. The second kappa shape index (κ2) is 4.72.